The van der Waals surface area contributed by atoms with Gasteiger partial charge < -0.3 is 20.3 Å². The monoisotopic (exact) mass is 362 g/mol. The van der Waals surface area contributed by atoms with Crippen molar-refractivity contribution in [1.29, 1.82) is 0 Å². The van der Waals surface area contributed by atoms with Gasteiger partial charge in [0.2, 0.25) is 11.8 Å². The number of ether oxygens (including phenoxy) is 1. The van der Waals surface area contributed by atoms with E-state index < -0.39 is 6.04 Å². The second kappa shape index (κ2) is 10.0. The lowest BCUT2D eigenvalue weighted by atomic mass is 10.2. The largest absolute Gasteiger partial charge is 0.497 e. The average Bonchev–Trinajstić information content (AvgIpc) is 2.66. The van der Waals surface area contributed by atoms with E-state index in [9.17, 15) is 9.59 Å². The van der Waals surface area contributed by atoms with E-state index in [0.29, 0.717) is 13.1 Å². The van der Waals surface area contributed by atoms with Crippen molar-refractivity contribution >= 4 is 17.5 Å². The molecule has 0 aliphatic carbocycles. The zero-order valence-corrected chi connectivity index (χ0v) is 16.0. The summed E-state index contributed by atoms with van der Waals surface area (Å²) in [4.78, 5) is 28.4. The highest BCUT2D eigenvalue weighted by Crippen LogP contribution is 2.20. The minimum absolute atomic E-state index is 0.109. The molecule has 2 rings (SSSR count). The van der Waals surface area contributed by atoms with Crippen molar-refractivity contribution in [1.82, 2.24) is 15.5 Å². The van der Waals surface area contributed by atoms with Gasteiger partial charge in [0.1, 0.15) is 11.8 Å². The molecular weight excluding hydrogens is 332 g/mol. The maximum absolute atomic E-state index is 12.2. The molecule has 0 bridgehead atoms. The van der Waals surface area contributed by atoms with Gasteiger partial charge >= 0.3 is 0 Å². The first-order valence-electron chi connectivity index (χ1n) is 9.22. The van der Waals surface area contributed by atoms with Crippen LogP contribution < -0.4 is 20.3 Å². The number of rotatable bonds is 8. The third-order valence-corrected chi connectivity index (χ3v) is 4.50. The molecule has 1 fully saturated rings. The van der Waals surface area contributed by atoms with Crippen molar-refractivity contribution in [2.45, 2.75) is 26.3 Å². The SMILES string of the molecule is CCCNC(=O)[C@@H](C)NC(=O)CN1CCN(c2ccc(OC)cc2)CC1. The number of methoxy groups -OCH3 is 1. The van der Waals surface area contributed by atoms with Crippen LogP contribution in [-0.2, 0) is 9.59 Å². The number of hydrogen-bond donors (Lipinski definition) is 2. The second-order valence-corrected chi connectivity index (χ2v) is 6.54. The van der Waals surface area contributed by atoms with E-state index in [4.69, 9.17) is 4.74 Å². The van der Waals surface area contributed by atoms with E-state index >= 15 is 0 Å². The van der Waals surface area contributed by atoms with E-state index in [-0.39, 0.29) is 11.8 Å². The zero-order valence-electron chi connectivity index (χ0n) is 16.0. The topological polar surface area (TPSA) is 73.9 Å². The first-order chi connectivity index (χ1) is 12.5. The molecule has 1 aromatic rings. The summed E-state index contributed by atoms with van der Waals surface area (Å²) in [7, 11) is 1.66. The number of anilines is 1. The second-order valence-electron chi connectivity index (χ2n) is 6.54. The highest BCUT2D eigenvalue weighted by atomic mass is 16.5. The quantitative estimate of drug-likeness (QED) is 0.717. The molecule has 1 heterocycles. The van der Waals surface area contributed by atoms with Crippen molar-refractivity contribution in [3.8, 4) is 5.75 Å². The minimum atomic E-state index is -0.505. The summed E-state index contributed by atoms with van der Waals surface area (Å²) >= 11 is 0. The van der Waals surface area contributed by atoms with Gasteiger partial charge in [0.05, 0.1) is 13.7 Å². The maximum Gasteiger partial charge on any atom is 0.242 e. The van der Waals surface area contributed by atoms with E-state index in [0.717, 1.165) is 44.0 Å². The molecule has 0 unspecified atom stereocenters. The highest BCUT2D eigenvalue weighted by molar-refractivity contribution is 5.87. The first-order valence-corrected chi connectivity index (χ1v) is 9.22. The number of piperazine rings is 1. The summed E-state index contributed by atoms with van der Waals surface area (Å²) < 4.78 is 5.19. The van der Waals surface area contributed by atoms with Crippen LogP contribution in [0.1, 0.15) is 20.3 Å². The van der Waals surface area contributed by atoms with Gasteiger partial charge in [-0.05, 0) is 37.6 Å². The summed E-state index contributed by atoms with van der Waals surface area (Å²) in [6.07, 6.45) is 0.880. The summed E-state index contributed by atoms with van der Waals surface area (Å²) in [5, 5.41) is 5.56. The van der Waals surface area contributed by atoms with Gasteiger partial charge in [-0.1, -0.05) is 6.92 Å². The summed E-state index contributed by atoms with van der Waals surface area (Å²) in [5.41, 5.74) is 1.16. The molecule has 0 spiro atoms. The molecule has 0 aromatic heterocycles. The number of nitrogens with zero attached hydrogens (tertiary/aromatic N) is 2. The van der Waals surface area contributed by atoms with Gasteiger partial charge in [-0.25, -0.2) is 0 Å². The Morgan fingerprint density at radius 3 is 2.38 bits per heavy atom. The number of carbonyl (C=O) groups is 2. The fourth-order valence-corrected chi connectivity index (χ4v) is 2.91. The molecule has 26 heavy (non-hydrogen) atoms. The van der Waals surface area contributed by atoms with Crippen LogP contribution in [0.15, 0.2) is 24.3 Å². The molecule has 7 nitrogen and oxygen atoms in total. The Hall–Kier alpha value is -2.28. The first kappa shape index (κ1) is 20.0. The van der Waals surface area contributed by atoms with Crippen molar-refractivity contribution in [2.75, 3.05) is 51.3 Å². The Kier molecular flexibility index (Phi) is 7.72. The number of hydrogen-bond acceptors (Lipinski definition) is 5. The molecule has 1 atom stereocenters. The Labute approximate surface area is 155 Å². The van der Waals surface area contributed by atoms with Crippen LogP contribution >= 0.6 is 0 Å². The van der Waals surface area contributed by atoms with Gasteiger partial charge in [-0.2, -0.15) is 0 Å². The molecule has 144 valence electrons. The van der Waals surface area contributed by atoms with Gasteiger partial charge in [-0.15, -0.1) is 0 Å². The Morgan fingerprint density at radius 1 is 1.15 bits per heavy atom. The van der Waals surface area contributed by atoms with Crippen LogP contribution in [-0.4, -0.2) is 69.1 Å². The number of benzene rings is 1. The number of carbonyl (C=O) groups excluding carboxylic acids is 2. The van der Waals surface area contributed by atoms with Crippen molar-refractivity contribution < 1.29 is 14.3 Å². The summed E-state index contributed by atoms with van der Waals surface area (Å²) in [5.74, 6) is 0.604. The Balaban J connectivity index is 1.73. The molecule has 2 N–H and O–H groups in total. The Morgan fingerprint density at radius 2 is 1.81 bits per heavy atom. The fraction of sp³-hybridized carbons (Fsp3) is 0.579. The van der Waals surface area contributed by atoms with E-state index in [1.54, 1.807) is 14.0 Å². The smallest absolute Gasteiger partial charge is 0.242 e. The lowest BCUT2D eigenvalue weighted by Gasteiger charge is -2.35. The summed E-state index contributed by atoms with van der Waals surface area (Å²) in [6.45, 7) is 8.03. The molecule has 1 aromatic carbocycles. The van der Waals surface area contributed by atoms with Crippen LogP contribution in [0, 0.1) is 0 Å². The highest BCUT2D eigenvalue weighted by Gasteiger charge is 2.21. The summed E-state index contributed by atoms with van der Waals surface area (Å²) in [6, 6.07) is 7.52. The molecule has 0 radical (unpaired) electrons. The van der Waals surface area contributed by atoms with Crippen molar-refractivity contribution in [3.05, 3.63) is 24.3 Å². The van der Waals surface area contributed by atoms with Gasteiger partial charge in [0.15, 0.2) is 0 Å². The number of amides is 2. The fourth-order valence-electron chi connectivity index (χ4n) is 2.91. The van der Waals surface area contributed by atoms with Gasteiger partial charge in [-0.3, -0.25) is 14.5 Å². The van der Waals surface area contributed by atoms with Crippen LogP contribution in [0.5, 0.6) is 5.75 Å². The molecule has 1 aliphatic rings. The van der Waals surface area contributed by atoms with Crippen LogP contribution in [0.25, 0.3) is 0 Å². The van der Waals surface area contributed by atoms with Crippen molar-refractivity contribution in [2.24, 2.45) is 0 Å². The predicted molar refractivity (Wildman–Crippen MR) is 103 cm³/mol. The van der Waals surface area contributed by atoms with Gasteiger partial charge in [0, 0.05) is 38.4 Å². The molecule has 7 heteroatoms. The van der Waals surface area contributed by atoms with Crippen LogP contribution in [0.3, 0.4) is 0 Å². The molecule has 1 saturated heterocycles. The average molecular weight is 362 g/mol. The molecule has 1 aliphatic heterocycles. The standard InChI is InChI=1S/C19H30N4O3/c1-4-9-20-19(25)15(2)21-18(24)14-22-10-12-23(13-11-22)16-5-7-17(26-3)8-6-16/h5-8,15H,4,9-14H2,1-3H3,(H,20,25)(H,21,24)/t15-/m1/s1. The van der Waals surface area contributed by atoms with E-state index in [1.807, 2.05) is 19.1 Å². The van der Waals surface area contributed by atoms with E-state index in [1.165, 1.54) is 0 Å². The molecular formula is C19H30N4O3. The Bertz CT molecular complexity index is 583. The molecule has 0 saturated carbocycles. The zero-order chi connectivity index (χ0) is 18.9. The van der Waals surface area contributed by atoms with Crippen LogP contribution in [0.4, 0.5) is 5.69 Å². The minimum Gasteiger partial charge on any atom is -0.497 e. The van der Waals surface area contributed by atoms with Crippen molar-refractivity contribution in [3.63, 3.8) is 0 Å². The third kappa shape index (κ3) is 5.91. The lowest BCUT2D eigenvalue weighted by molar-refractivity contribution is -0.129. The van der Waals surface area contributed by atoms with E-state index in [2.05, 4.69) is 32.6 Å². The normalized spacial score (nSPS) is 16.0. The van der Waals surface area contributed by atoms with Gasteiger partial charge in [0.25, 0.3) is 0 Å². The predicted octanol–water partition coefficient (Wildman–Crippen LogP) is 0.848. The maximum atomic E-state index is 12.2. The third-order valence-electron chi connectivity index (χ3n) is 4.50. The number of nitrogens with one attached hydrogen (secondary N) is 2. The molecule has 2 amide bonds. The van der Waals surface area contributed by atoms with Crippen LogP contribution in [0.2, 0.25) is 0 Å². The lowest BCUT2D eigenvalue weighted by Crippen LogP contribution is -2.52.